The molecule has 0 spiro atoms. The maximum absolute atomic E-state index is 12.9. The fourth-order valence-electron chi connectivity index (χ4n) is 3.03. The number of benzene rings is 3. The molecule has 7 heteroatoms. The molecular weight excluding hydrogens is 439 g/mol. The average Bonchev–Trinajstić information content (AvgIpc) is 3.08. The predicted octanol–water partition coefficient (Wildman–Crippen LogP) is 7.02. The lowest BCUT2D eigenvalue weighted by atomic mass is 10.1. The lowest BCUT2D eigenvalue weighted by Gasteiger charge is -2.12. The molecule has 0 saturated heterocycles. The minimum atomic E-state index is -0.356. The van der Waals surface area contributed by atoms with Gasteiger partial charge in [0.1, 0.15) is 4.88 Å². The Balaban J connectivity index is 1.62. The summed E-state index contributed by atoms with van der Waals surface area (Å²) in [4.78, 5) is 26.2. The van der Waals surface area contributed by atoms with Gasteiger partial charge >= 0.3 is 0 Å². The van der Waals surface area contributed by atoms with Crippen LogP contribution in [0.5, 0.6) is 0 Å². The molecule has 4 aromatic rings. The highest BCUT2D eigenvalue weighted by Crippen LogP contribution is 2.35. The number of anilines is 2. The van der Waals surface area contributed by atoms with Crippen LogP contribution in [-0.4, -0.2) is 11.8 Å². The quantitative estimate of drug-likeness (QED) is 0.347. The van der Waals surface area contributed by atoms with Crippen molar-refractivity contribution in [3.8, 4) is 0 Å². The Morgan fingerprint density at radius 1 is 0.867 bits per heavy atom. The first-order chi connectivity index (χ1) is 14.4. The van der Waals surface area contributed by atoms with E-state index in [2.05, 4.69) is 10.6 Å². The van der Waals surface area contributed by atoms with Gasteiger partial charge in [0, 0.05) is 20.8 Å². The number of amides is 2. The average molecular weight is 455 g/mol. The largest absolute Gasteiger partial charge is 0.322 e. The number of hydrogen-bond acceptors (Lipinski definition) is 3. The van der Waals surface area contributed by atoms with Crippen LogP contribution in [0.3, 0.4) is 0 Å². The number of carbonyl (C=O) groups is 2. The van der Waals surface area contributed by atoms with Crippen molar-refractivity contribution < 1.29 is 9.59 Å². The zero-order valence-electron chi connectivity index (χ0n) is 15.8. The Kier molecular flexibility index (Phi) is 5.77. The summed E-state index contributed by atoms with van der Waals surface area (Å²) in [5, 5.41) is 7.49. The lowest BCUT2D eigenvalue weighted by Crippen LogP contribution is -2.18. The zero-order chi connectivity index (χ0) is 21.3. The fraction of sp³-hybridized carbons (Fsp3) is 0.0435. The van der Waals surface area contributed by atoms with Crippen LogP contribution in [0.25, 0.3) is 10.1 Å². The molecule has 3 aromatic carbocycles. The van der Waals surface area contributed by atoms with Crippen LogP contribution >= 0.6 is 34.5 Å². The number of halogens is 2. The van der Waals surface area contributed by atoms with Gasteiger partial charge in [-0.15, -0.1) is 11.3 Å². The first-order valence-electron chi connectivity index (χ1n) is 9.08. The maximum Gasteiger partial charge on any atom is 0.267 e. The molecule has 4 rings (SSSR count). The maximum atomic E-state index is 12.9. The molecule has 1 aromatic heterocycles. The van der Waals surface area contributed by atoms with Crippen molar-refractivity contribution in [1.29, 1.82) is 0 Å². The first kappa shape index (κ1) is 20.4. The molecule has 0 aliphatic carbocycles. The van der Waals surface area contributed by atoms with Gasteiger partial charge in [-0.1, -0.05) is 53.0 Å². The molecule has 0 unspecified atom stereocenters. The molecule has 0 fully saturated rings. The van der Waals surface area contributed by atoms with Crippen LogP contribution in [0, 0.1) is 6.92 Å². The second kappa shape index (κ2) is 8.48. The molecule has 0 bridgehead atoms. The van der Waals surface area contributed by atoms with E-state index >= 15 is 0 Å². The summed E-state index contributed by atoms with van der Waals surface area (Å²) in [5.74, 6) is -0.690. The van der Waals surface area contributed by atoms with Crippen LogP contribution in [0.2, 0.25) is 10.0 Å². The van der Waals surface area contributed by atoms with E-state index in [0.29, 0.717) is 31.9 Å². The summed E-state index contributed by atoms with van der Waals surface area (Å²) in [6.45, 7) is 1.88. The van der Waals surface area contributed by atoms with E-state index < -0.39 is 0 Å². The van der Waals surface area contributed by atoms with E-state index in [1.54, 1.807) is 36.4 Å². The molecule has 4 nitrogen and oxygen atoms in total. The molecule has 2 N–H and O–H groups in total. The fourth-order valence-corrected chi connectivity index (χ4v) is 4.56. The number of hydrogen-bond donors (Lipinski definition) is 2. The number of nitrogens with one attached hydrogen (secondary N) is 2. The normalized spacial score (nSPS) is 10.8. The molecule has 0 aliphatic heterocycles. The third-order valence-corrected chi connectivity index (χ3v) is 6.44. The van der Waals surface area contributed by atoms with Crippen LogP contribution in [0.1, 0.15) is 25.6 Å². The Labute approximate surface area is 187 Å². The third kappa shape index (κ3) is 4.19. The van der Waals surface area contributed by atoms with Crippen molar-refractivity contribution in [2.75, 3.05) is 10.6 Å². The zero-order valence-corrected chi connectivity index (χ0v) is 18.2. The van der Waals surface area contributed by atoms with Gasteiger partial charge in [-0.25, -0.2) is 0 Å². The number of thiophene rings is 1. The van der Waals surface area contributed by atoms with Crippen LogP contribution in [-0.2, 0) is 0 Å². The molecule has 150 valence electrons. The van der Waals surface area contributed by atoms with Crippen molar-refractivity contribution in [3.63, 3.8) is 0 Å². The Morgan fingerprint density at radius 2 is 1.60 bits per heavy atom. The van der Waals surface area contributed by atoms with E-state index in [9.17, 15) is 9.59 Å². The molecular formula is C23H16Cl2N2O2S. The summed E-state index contributed by atoms with van der Waals surface area (Å²) in [5.41, 5.74) is 2.27. The number of carbonyl (C=O) groups excluding carboxylic acids is 2. The second-order valence-corrected chi connectivity index (χ2v) is 8.57. The van der Waals surface area contributed by atoms with E-state index in [4.69, 9.17) is 23.2 Å². The Morgan fingerprint density at radius 3 is 2.33 bits per heavy atom. The lowest BCUT2D eigenvalue weighted by molar-refractivity contribution is 0.102. The Hall–Kier alpha value is -2.86. The molecule has 0 aliphatic rings. The topological polar surface area (TPSA) is 58.2 Å². The number of fused-ring (bicyclic) bond motifs is 1. The number of rotatable bonds is 4. The summed E-state index contributed by atoms with van der Waals surface area (Å²) in [6.07, 6.45) is 0. The van der Waals surface area contributed by atoms with Crippen molar-refractivity contribution in [2.45, 2.75) is 6.92 Å². The van der Waals surface area contributed by atoms with E-state index in [1.165, 1.54) is 11.3 Å². The van der Waals surface area contributed by atoms with Crippen molar-refractivity contribution in [1.82, 2.24) is 0 Å². The van der Waals surface area contributed by atoms with E-state index in [0.717, 1.165) is 15.6 Å². The smallest absolute Gasteiger partial charge is 0.267 e. The molecule has 2 amide bonds. The minimum Gasteiger partial charge on any atom is -0.322 e. The molecule has 0 atom stereocenters. The van der Waals surface area contributed by atoms with Gasteiger partial charge < -0.3 is 10.6 Å². The van der Waals surface area contributed by atoms with Crippen LogP contribution < -0.4 is 10.6 Å². The van der Waals surface area contributed by atoms with Crippen molar-refractivity contribution in [3.05, 3.63) is 92.8 Å². The van der Waals surface area contributed by atoms with E-state index in [-0.39, 0.29) is 11.8 Å². The summed E-state index contributed by atoms with van der Waals surface area (Å²) in [7, 11) is 0. The summed E-state index contributed by atoms with van der Waals surface area (Å²) < 4.78 is 0.928. The van der Waals surface area contributed by atoms with E-state index in [1.807, 2.05) is 37.3 Å². The SMILES string of the molecule is Cc1ccc(NC(=O)c2sc3ccccc3c2Cl)c(C(=O)Nc2ccc(Cl)cc2)c1. The highest BCUT2D eigenvalue weighted by Gasteiger charge is 2.20. The van der Waals surface area contributed by atoms with Gasteiger partial charge in [-0.3, -0.25) is 9.59 Å². The van der Waals surface area contributed by atoms with Gasteiger partial charge in [-0.05, 0) is 49.4 Å². The van der Waals surface area contributed by atoms with Gasteiger partial charge in [0.2, 0.25) is 0 Å². The predicted molar refractivity (Wildman–Crippen MR) is 125 cm³/mol. The third-order valence-electron chi connectivity index (χ3n) is 4.51. The van der Waals surface area contributed by atoms with Crippen molar-refractivity contribution in [2.24, 2.45) is 0 Å². The number of aryl methyl sites for hydroxylation is 1. The van der Waals surface area contributed by atoms with Gasteiger partial charge in [0.25, 0.3) is 11.8 Å². The highest BCUT2D eigenvalue weighted by atomic mass is 35.5. The van der Waals surface area contributed by atoms with Crippen molar-refractivity contribution >= 4 is 67.8 Å². The van der Waals surface area contributed by atoms with Gasteiger partial charge in [-0.2, -0.15) is 0 Å². The minimum absolute atomic E-state index is 0.334. The summed E-state index contributed by atoms with van der Waals surface area (Å²) in [6, 6.07) is 19.7. The van der Waals surface area contributed by atoms with Crippen LogP contribution in [0.4, 0.5) is 11.4 Å². The van der Waals surface area contributed by atoms with Gasteiger partial charge in [0.05, 0.1) is 16.3 Å². The van der Waals surface area contributed by atoms with Gasteiger partial charge in [0.15, 0.2) is 0 Å². The standard InChI is InChI=1S/C23H16Cl2N2O2S/c1-13-6-11-18(17(12-13)22(28)26-15-9-7-14(24)8-10-15)27-23(29)21-20(25)16-4-2-3-5-19(16)30-21/h2-12H,1H3,(H,26,28)(H,27,29). The highest BCUT2D eigenvalue weighted by molar-refractivity contribution is 7.21. The first-order valence-corrected chi connectivity index (χ1v) is 10.7. The molecule has 0 radical (unpaired) electrons. The van der Waals surface area contributed by atoms with Crippen LogP contribution in [0.15, 0.2) is 66.7 Å². The summed E-state index contributed by atoms with van der Waals surface area (Å²) >= 11 is 13.6. The molecule has 0 saturated carbocycles. The monoisotopic (exact) mass is 454 g/mol. The molecule has 1 heterocycles. The molecule has 30 heavy (non-hydrogen) atoms. The Bertz CT molecular complexity index is 1270. The second-order valence-electron chi connectivity index (χ2n) is 6.71.